The maximum Gasteiger partial charge on any atom is 0.165 e. The molecule has 0 spiro atoms. The molecule has 0 aromatic carbocycles. The second-order valence-corrected chi connectivity index (χ2v) is 2.82. The minimum atomic E-state index is -0.510. The van der Waals surface area contributed by atoms with E-state index >= 15 is 0 Å². The van der Waals surface area contributed by atoms with Crippen LogP contribution in [0.25, 0.3) is 0 Å². The van der Waals surface area contributed by atoms with E-state index in [4.69, 9.17) is 20.3 Å². The summed E-state index contributed by atoms with van der Waals surface area (Å²) in [5.74, 6) is 0. The minimum absolute atomic E-state index is 0.0458. The zero-order valence-electron chi connectivity index (χ0n) is 7.33. The lowest BCUT2D eigenvalue weighted by molar-refractivity contribution is -0.180. The number of aliphatic hydroxyl groups excluding tert-OH is 1. The smallest absolute Gasteiger partial charge is 0.165 e. The van der Waals surface area contributed by atoms with Crippen LogP contribution in [0.15, 0.2) is 0 Å². The average molecular weight is 163 g/mol. The van der Waals surface area contributed by atoms with E-state index in [-0.39, 0.29) is 6.61 Å². The molecule has 0 aliphatic carbocycles. The van der Waals surface area contributed by atoms with Gasteiger partial charge < -0.3 is 20.3 Å². The SMILES string of the molecule is COC(OC)C(C)(CN)CO. The van der Waals surface area contributed by atoms with Gasteiger partial charge in [0.25, 0.3) is 0 Å². The van der Waals surface area contributed by atoms with Gasteiger partial charge in [0.1, 0.15) is 0 Å². The van der Waals surface area contributed by atoms with Gasteiger partial charge in [-0.05, 0) is 0 Å². The molecule has 0 heterocycles. The molecule has 0 amide bonds. The van der Waals surface area contributed by atoms with Crippen LogP contribution in [0.5, 0.6) is 0 Å². The standard InChI is InChI=1S/C7H17NO3/c1-7(4-8,5-9)6(10-2)11-3/h6,9H,4-5,8H2,1-3H3. The van der Waals surface area contributed by atoms with Crippen molar-refractivity contribution in [1.29, 1.82) is 0 Å². The Bertz CT molecular complexity index is 99.9. The van der Waals surface area contributed by atoms with Crippen molar-refractivity contribution in [3.63, 3.8) is 0 Å². The summed E-state index contributed by atoms with van der Waals surface area (Å²) < 4.78 is 9.97. The number of methoxy groups -OCH3 is 2. The fourth-order valence-electron chi connectivity index (χ4n) is 0.901. The van der Waals surface area contributed by atoms with E-state index < -0.39 is 11.7 Å². The molecule has 0 saturated heterocycles. The van der Waals surface area contributed by atoms with E-state index in [9.17, 15) is 0 Å². The third kappa shape index (κ3) is 2.41. The van der Waals surface area contributed by atoms with Crippen molar-refractivity contribution < 1.29 is 14.6 Å². The molecule has 0 saturated carbocycles. The van der Waals surface area contributed by atoms with Crippen LogP contribution in [-0.2, 0) is 9.47 Å². The lowest BCUT2D eigenvalue weighted by Gasteiger charge is -2.32. The summed E-state index contributed by atoms with van der Waals surface area (Å²) in [5, 5.41) is 8.98. The molecule has 0 aromatic heterocycles. The molecule has 4 nitrogen and oxygen atoms in total. The highest BCUT2D eigenvalue weighted by Crippen LogP contribution is 2.21. The van der Waals surface area contributed by atoms with Crippen molar-refractivity contribution in [2.75, 3.05) is 27.4 Å². The molecule has 0 fully saturated rings. The van der Waals surface area contributed by atoms with Crippen molar-refractivity contribution in [1.82, 2.24) is 0 Å². The molecule has 0 aromatic rings. The fourth-order valence-corrected chi connectivity index (χ4v) is 0.901. The van der Waals surface area contributed by atoms with Crippen LogP contribution in [-0.4, -0.2) is 38.8 Å². The molecule has 11 heavy (non-hydrogen) atoms. The Balaban J connectivity index is 4.19. The van der Waals surface area contributed by atoms with Gasteiger partial charge in [-0.3, -0.25) is 0 Å². The van der Waals surface area contributed by atoms with Gasteiger partial charge in [0.15, 0.2) is 6.29 Å². The lowest BCUT2D eigenvalue weighted by atomic mass is 9.91. The first kappa shape index (κ1) is 10.8. The summed E-state index contributed by atoms with van der Waals surface area (Å²) in [6.45, 7) is 2.09. The predicted molar refractivity (Wildman–Crippen MR) is 42.1 cm³/mol. The predicted octanol–water partition coefficient (Wildman–Crippen LogP) is -0.437. The number of nitrogens with two attached hydrogens (primary N) is 1. The average Bonchev–Trinajstić information content (AvgIpc) is 2.06. The molecule has 0 radical (unpaired) electrons. The van der Waals surface area contributed by atoms with Gasteiger partial charge in [0.05, 0.1) is 12.0 Å². The first-order chi connectivity index (χ1) is 5.14. The molecule has 1 unspecified atom stereocenters. The molecule has 1 atom stereocenters. The first-order valence-electron chi connectivity index (χ1n) is 3.51. The maximum atomic E-state index is 8.98. The third-order valence-electron chi connectivity index (χ3n) is 1.82. The molecule has 3 N–H and O–H groups in total. The van der Waals surface area contributed by atoms with Gasteiger partial charge >= 0.3 is 0 Å². The van der Waals surface area contributed by atoms with Crippen LogP contribution < -0.4 is 5.73 Å². The Kier molecular flexibility index (Phi) is 4.60. The van der Waals surface area contributed by atoms with Crippen LogP contribution in [0, 0.1) is 5.41 Å². The number of ether oxygens (including phenoxy) is 2. The summed E-state index contributed by atoms with van der Waals surface area (Å²) in [4.78, 5) is 0. The van der Waals surface area contributed by atoms with Gasteiger partial charge in [0.2, 0.25) is 0 Å². The molecular formula is C7H17NO3. The molecular weight excluding hydrogens is 146 g/mol. The summed E-state index contributed by atoms with van der Waals surface area (Å²) >= 11 is 0. The van der Waals surface area contributed by atoms with Crippen molar-refractivity contribution in [2.24, 2.45) is 11.1 Å². The first-order valence-corrected chi connectivity index (χ1v) is 3.51. The van der Waals surface area contributed by atoms with E-state index in [1.165, 1.54) is 14.2 Å². The molecule has 0 aliphatic rings. The molecule has 0 aliphatic heterocycles. The number of aliphatic hydroxyl groups is 1. The van der Waals surface area contributed by atoms with Crippen LogP contribution >= 0.6 is 0 Å². The van der Waals surface area contributed by atoms with E-state index in [0.717, 1.165) is 0 Å². The van der Waals surface area contributed by atoms with E-state index in [2.05, 4.69) is 0 Å². The van der Waals surface area contributed by atoms with Crippen LogP contribution in [0.2, 0.25) is 0 Å². The topological polar surface area (TPSA) is 64.7 Å². The number of rotatable bonds is 5. The zero-order valence-corrected chi connectivity index (χ0v) is 7.33. The normalized spacial score (nSPS) is 16.9. The van der Waals surface area contributed by atoms with Crippen LogP contribution in [0.4, 0.5) is 0 Å². The highest BCUT2D eigenvalue weighted by atomic mass is 16.7. The van der Waals surface area contributed by atoms with Gasteiger partial charge in [0, 0.05) is 20.8 Å². The van der Waals surface area contributed by atoms with E-state index in [1.807, 2.05) is 6.92 Å². The maximum absolute atomic E-state index is 8.98. The van der Waals surface area contributed by atoms with Gasteiger partial charge in [-0.15, -0.1) is 0 Å². The van der Waals surface area contributed by atoms with Gasteiger partial charge in [-0.1, -0.05) is 6.92 Å². The molecule has 68 valence electrons. The molecule has 0 rings (SSSR count). The number of hydrogen-bond acceptors (Lipinski definition) is 4. The van der Waals surface area contributed by atoms with Gasteiger partial charge in [-0.25, -0.2) is 0 Å². The largest absolute Gasteiger partial charge is 0.396 e. The van der Waals surface area contributed by atoms with E-state index in [1.54, 1.807) is 0 Å². The fraction of sp³-hybridized carbons (Fsp3) is 1.00. The Morgan fingerprint density at radius 2 is 1.91 bits per heavy atom. The highest BCUT2D eigenvalue weighted by Gasteiger charge is 2.32. The summed E-state index contributed by atoms with van der Waals surface area (Å²) in [6, 6.07) is 0. The second-order valence-electron chi connectivity index (χ2n) is 2.82. The Hall–Kier alpha value is -0.160. The van der Waals surface area contributed by atoms with Crippen molar-refractivity contribution in [3.05, 3.63) is 0 Å². The monoisotopic (exact) mass is 163 g/mol. The van der Waals surface area contributed by atoms with Crippen LogP contribution in [0.3, 0.4) is 0 Å². The highest BCUT2D eigenvalue weighted by molar-refractivity contribution is 4.77. The zero-order chi connectivity index (χ0) is 8.91. The molecule has 0 bridgehead atoms. The van der Waals surface area contributed by atoms with E-state index in [0.29, 0.717) is 6.54 Å². The minimum Gasteiger partial charge on any atom is -0.396 e. The summed E-state index contributed by atoms with van der Waals surface area (Å²) in [6.07, 6.45) is -0.447. The van der Waals surface area contributed by atoms with Crippen molar-refractivity contribution >= 4 is 0 Å². The summed E-state index contributed by atoms with van der Waals surface area (Å²) in [5.41, 5.74) is 4.94. The van der Waals surface area contributed by atoms with Crippen LogP contribution in [0.1, 0.15) is 6.92 Å². The van der Waals surface area contributed by atoms with Crippen molar-refractivity contribution in [2.45, 2.75) is 13.2 Å². The van der Waals surface area contributed by atoms with Gasteiger partial charge in [-0.2, -0.15) is 0 Å². The lowest BCUT2D eigenvalue weighted by Crippen LogP contribution is -2.44. The Morgan fingerprint density at radius 1 is 1.45 bits per heavy atom. The molecule has 4 heteroatoms. The number of hydrogen-bond donors (Lipinski definition) is 2. The summed E-state index contributed by atoms with van der Waals surface area (Å²) in [7, 11) is 3.05. The quantitative estimate of drug-likeness (QED) is 0.539. The van der Waals surface area contributed by atoms with Crippen molar-refractivity contribution in [3.8, 4) is 0 Å². The Labute approximate surface area is 67.3 Å². The Morgan fingerprint density at radius 3 is 2.00 bits per heavy atom. The second kappa shape index (κ2) is 4.66. The third-order valence-corrected chi connectivity index (χ3v) is 1.82.